The minimum Gasteiger partial charge on any atom is -0.338 e. The lowest BCUT2D eigenvalue weighted by molar-refractivity contribution is 0.0651. The van der Waals surface area contributed by atoms with Gasteiger partial charge in [0.05, 0.1) is 6.20 Å². The Morgan fingerprint density at radius 3 is 2.75 bits per heavy atom. The van der Waals surface area contributed by atoms with Gasteiger partial charge in [0.1, 0.15) is 5.56 Å². The number of likely N-dealkylation sites (tertiary alicyclic amines) is 1. The Hall–Kier alpha value is -2.61. The standard InChI is InChI=1S/C16H15N5O2S/c22-13(15-18-5-9-24-15)11-2-7-20(8-3-11)16(23)12-10-19-21-6-1-4-17-14(12)21/h1,4-6,9-11H,2-3,7-8H2. The Morgan fingerprint density at radius 2 is 2.00 bits per heavy atom. The van der Waals surface area contributed by atoms with Gasteiger partial charge in [-0.2, -0.15) is 5.10 Å². The largest absolute Gasteiger partial charge is 0.338 e. The van der Waals surface area contributed by atoms with E-state index in [1.165, 1.54) is 11.3 Å². The van der Waals surface area contributed by atoms with E-state index in [9.17, 15) is 9.59 Å². The van der Waals surface area contributed by atoms with E-state index >= 15 is 0 Å². The Bertz CT molecular complexity index is 881. The van der Waals surface area contributed by atoms with Crippen molar-refractivity contribution >= 4 is 28.7 Å². The molecule has 7 nitrogen and oxygen atoms in total. The molecule has 24 heavy (non-hydrogen) atoms. The van der Waals surface area contributed by atoms with E-state index in [0.29, 0.717) is 42.1 Å². The second-order valence-corrected chi connectivity index (χ2v) is 6.61. The van der Waals surface area contributed by atoms with Gasteiger partial charge >= 0.3 is 0 Å². The van der Waals surface area contributed by atoms with Crippen LogP contribution in [-0.4, -0.2) is 49.3 Å². The molecule has 3 aromatic heterocycles. The number of carbonyl (C=O) groups excluding carboxylic acids is 2. The van der Waals surface area contributed by atoms with Gasteiger partial charge in [0.25, 0.3) is 5.91 Å². The van der Waals surface area contributed by atoms with Gasteiger partial charge < -0.3 is 4.90 Å². The summed E-state index contributed by atoms with van der Waals surface area (Å²) >= 11 is 1.37. The molecule has 0 saturated carbocycles. The Morgan fingerprint density at radius 1 is 1.17 bits per heavy atom. The highest BCUT2D eigenvalue weighted by molar-refractivity contribution is 7.11. The smallest absolute Gasteiger partial charge is 0.259 e. The molecule has 0 atom stereocenters. The Balaban J connectivity index is 1.46. The number of thiazole rings is 1. The maximum atomic E-state index is 12.7. The third kappa shape index (κ3) is 2.58. The van der Waals surface area contributed by atoms with E-state index in [2.05, 4.69) is 15.1 Å². The highest BCUT2D eigenvalue weighted by atomic mass is 32.1. The molecule has 4 heterocycles. The molecule has 1 fully saturated rings. The number of carbonyl (C=O) groups is 2. The first-order valence-electron chi connectivity index (χ1n) is 7.75. The van der Waals surface area contributed by atoms with Crippen LogP contribution in [0.5, 0.6) is 0 Å². The van der Waals surface area contributed by atoms with E-state index < -0.39 is 0 Å². The Kier molecular flexibility index (Phi) is 3.81. The van der Waals surface area contributed by atoms with Gasteiger partial charge in [0.15, 0.2) is 16.4 Å². The summed E-state index contributed by atoms with van der Waals surface area (Å²) in [6.45, 7) is 1.12. The fraction of sp³-hybridized carbons (Fsp3) is 0.312. The summed E-state index contributed by atoms with van der Waals surface area (Å²) in [5, 5.41) is 6.53. The first-order chi connectivity index (χ1) is 11.7. The van der Waals surface area contributed by atoms with Crippen LogP contribution in [0.15, 0.2) is 36.2 Å². The van der Waals surface area contributed by atoms with E-state index in [4.69, 9.17) is 0 Å². The van der Waals surface area contributed by atoms with Crippen molar-refractivity contribution < 1.29 is 9.59 Å². The molecule has 0 N–H and O–H groups in total. The molecule has 0 spiro atoms. The lowest BCUT2D eigenvalue weighted by Gasteiger charge is -2.30. The minimum absolute atomic E-state index is 0.0535. The number of ketones is 1. The van der Waals surface area contributed by atoms with Crippen LogP contribution in [-0.2, 0) is 0 Å². The second kappa shape index (κ2) is 6.12. The molecular weight excluding hydrogens is 326 g/mol. The third-order valence-electron chi connectivity index (χ3n) is 4.31. The van der Waals surface area contributed by atoms with Gasteiger partial charge in [-0.3, -0.25) is 9.59 Å². The van der Waals surface area contributed by atoms with Gasteiger partial charge in [0, 0.05) is 43.0 Å². The average molecular weight is 341 g/mol. The summed E-state index contributed by atoms with van der Waals surface area (Å²) in [6, 6.07) is 1.77. The monoisotopic (exact) mass is 341 g/mol. The van der Waals surface area contributed by atoms with Crippen molar-refractivity contribution in [3.8, 4) is 0 Å². The zero-order valence-corrected chi connectivity index (χ0v) is 13.6. The fourth-order valence-corrected chi connectivity index (χ4v) is 3.67. The van der Waals surface area contributed by atoms with E-state index in [-0.39, 0.29) is 17.6 Å². The highest BCUT2D eigenvalue weighted by Crippen LogP contribution is 2.24. The zero-order chi connectivity index (χ0) is 16.5. The molecule has 0 bridgehead atoms. The summed E-state index contributed by atoms with van der Waals surface area (Å²) in [5.41, 5.74) is 1.06. The van der Waals surface area contributed by atoms with Crippen LogP contribution in [0.25, 0.3) is 5.65 Å². The molecule has 1 aliphatic heterocycles. The average Bonchev–Trinajstić information content (AvgIpc) is 3.30. The molecule has 122 valence electrons. The van der Waals surface area contributed by atoms with Crippen LogP contribution < -0.4 is 0 Å². The number of hydrogen-bond acceptors (Lipinski definition) is 6. The highest BCUT2D eigenvalue weighted by Gasteiger charge is 2.30. The molecule has 0 aromatic carbocycles. The predicted molar refractivity (Wildman–Crippen MR) is 88.1 cm³/mol. The van der Waals surface area contributed by atoms with E-state index in [1.807, 2.05) is 5.38 Å². The van der Waals surface area contributed by atoms with Crippen LogP contribution >= 0.6 is 11.3 Å². The molecule has 4 rings (SSSR count). The van der Waals surface area contributed by atoms with Crippen LogP contribution in [0.3, 0.4) is 0 Å². The van der Waals surface area contributed by atoms with Gasteiger partial charge in [-0.1, -0.05) is 0 Å². The SMILES string of the molecule is O=C(c1nccs1)C1CCN(C(=O)c2cnn3cccnc23)CC1. The van der Waals surface area contributed by atoms with Gasteiger partial charge in [-0.05, 0) is 18.9 Å². The first kappa shape index (κ1) is 14.9. The lowest BCUT2D eigenvalue weighted by atomic mass is 9.92. The summed E-state index contributed by atoms with van der Waals surface area (Å²) in [5.74, 6) is -0.0409. The molecule has 0 aliphatic carbocycles. The molecule has 1 amide bonds. The molecule has 1 aliphatic rings. The van der Waals surface area contributed by atoms with E-state index in [0.717, 1.165) is 0 Å². The van der Waals surface area contributed by atoms with Crippen LogP contribution in [0.4, 0.5) is 0 Å². The lowest BCUT2D eigenvalue weighted by Crippen LogP contribution is -2.40. The zero-order valence-electron chi connectivity index (χ0n) is 12.8. The number of nitrogens with zero attached hydrogens (tertiary/aromatic N) is 5. The number of rotatable bonds is 3. The maximum absolute atomic E-state index is 12.7. The van der Waals surface area contributed by atoms with Crippen molar-refractivity contribution in [2.75, 3.05) is 13.1 Å². The van der Waals surface area contributed by atoms with Crippen LogP contribution in [0.1, 0.15) is 33.0 Å². The van der Waals surface area contributed by atoms with Crippen molar-refractivity contribution in [3.05, 3.63) is 46.8 Å². The minimum atomic E-state index is -0.0798. The van der Waals surface area contributed by atoms with Gasteiger partial charge in [0.2, 0.25) is 0 Å². The number of amides is 1. The maximum Gasteiger partial charge on any atom is 0.259 e. The summed E-state index contributed by atoms with van der Waals surface area (Å²) in [4.78, 5) is 35.2. The molecular formula is C16H15N5O2S. The van der Waals surface area contributed by atoms with Crippen molar-refractivity contribution in [1.82, 2.24) is 24.5 Å². The Labute approximate surface area is 142 Å². The second-order valence-electron chi connectivity index (χ2n) is 5.71. The quantitative estimate of drug-likeness (QED) is 0.680. The number of hydrogen-bond donors (Lipinski definition) is 0. The molecule has 0 unspecified atom stereocenters. The van der Waals surface area contributed by atoms with Crippen molar-refractivity contribution in [2.45, 2.75) is 12.8 Å². The van der Waals surface area contributed by atoms with E-state index in [1.54, 1.807) is 40.3 Å². The topological polar surface area (TPSA) is 80.5 Å². The molecule has 1 saturated heterocycles. The van der Waals surface area contributed by atoms with Crippen molar-refractivity contribution in [2.24, 2.45) is 5.92 Å². The summed E-state index contributed by atoms with van der Waals surface area (Å²) in [6.07, 6.45) is 7.94. The van der Waals surface area contributed by atoms with Gasteiger partial charge in [-0.15, -0.1) is 11.3 Å². The molecule has 0 radical (unpaired) electrons. The van der Waals surface area contributed by atoms with Crippen LogP contribution in [0, 0.1) is 5.92 Å². The number of piperidine rings is 1. The van der Waals surface area contributed by atoms with Crippen LogP contribution in [0.2, 0.25) is 0 Å². The normalized spacial score (nSPS) is 15.8. The predicted octanol–water partition coefficient (Wildman–Crippen LogP) is 1.92. The molecule has 8 heteroatoms. The number of Topliss-reactive ketones (excluding diaryl/α,β-unsaturated/α-hetero) is 1. The summed E-state index contributed by atoms with van der Waals surface area (Å²) < 4.78 is 1.59. The summed E-state index contributed by atoms with van der Waals surface area (Å²) in [7, 11) is 0. The third-order valence-corrected chi connectivity index (χ3v) is 5.09. The fourth-order valence-electron chi connectivity index (χ4n) is 3.01. The van der Waals surface area contributed by atoms with Crippen molar-refractivity contribution in [1.29, 1.82) is 0 Å². The van der Waals surface area contributed by atoms with Crippen molar-refractivity contribution in [3.63, 3.8) is 0 Å². The first-order valence-corrected chi connectivity index (χ1v) is 8.63. The van der Waals surface area contributed by atoms with Gasteiger partial charge in [-0.25, -0.2) is 14.5 Å². The number of fused-ring (bicyclic) bond motifs is 1. The number of aromatic nitrogens is 4. The molecule has 3 aromatic rings.